The molecule has 0 bridgehead atoms. The van der Waals surface area contributed by atoms with Gasteiger partial charge < -0.3 is 9.47 Å². The second kappa shape index (κ2) is 9.14. The molecule has 5 rings (SSSR count). The first-order valence-electron chi connectivity index (χ1n) is 11.3. The average molecular weight is 458 g/mol. The van der Waals surface area contributed by atoms with Crippen molar-refractivity contribution in [3.63, 3.8) is 0 Å². The van der Waals surface area contributed by atoms with E-state index in [1.165, 1.54) is 12.1 Å². The molecule has 0 fully saturated rings. The molecule has 5 nitrogen and oxygen atoms in total. The van der Waals surface area contributed by atoms with E-state index in [1.54, 1.807) is 42.0 Å². The molecule has 6 heteroatoms. The van der Waals surface area contributed by atoms with Crippen molar-refractivity contribution in [2.24, 2.45) is 5.92 Å². The van der Waals surface area contributed by atoms with Gasteiger partial charge in [-0.25, -0.2) is 4.39 Å². The topological polar surface area (TPSA) is 57.5 Å². The van der Waals surface area contributed by atoms with Crippen LogP contribution in [0.3, 0.4) is 0 Å². The van der Waals surface area contributed by atoms with Gasteiger partial charge in [0, 0.05) is 16.6 Å². The highest BCUT2D eigenvalue weighted by molar-refractivity contribution is 6.04. The number of hydrogen-bond donors (Lipinski definition) is 0. The number of rotatable bonds is 5. The van der Waals surface area contributed by atoms with Gasteiger partial charge in [0.1, 0.15) is 18.2 Å². The maximum absolute atomic E-state index is 14.2. The Hall–Kier alpha value is -3.93. The fourth-order valence-electron chi connectivity index (χ4n) is 4.67. The minimum Gasteiger partial charge on any atom is -0.497 e. The molecule has 0 radical (unpaired) electrons. The molecule has 1 aliphatic carbocycles. The van der Waals surface area contributed by atoms with Crippen LogP contribution in [0, 0.1) is 11.7 Å². The monoisotopic (exact) mass is 457 g/mol. The highest BCUT2D eigenvalue weighted by atomic mass is 19.1. The van der Waals surface area contributed by atoms with Crippen LogP contribution < -0.4 is 4.74 Å². The Kier molecular flexibility index (Phi) is 5.88. The summed E-state index contributed by atoms with van der Waals surface area (Å²) in [6.45, 7) is 0.218. The van der Waals surface area contributed by atoms with Crippen LogP contribution in [-0.4, -0.2) is 23.6 Å². The van der Waals surface area contributed by atoms with Crippen molar-refractivity contribution in [2.75, 3.05) is 7.11 Å². The number of halogens is 1. The van der Waals surface area contributed by atoms with Crippen molar-refractivity contribution in [2.45, 2.75) is 25.9 Å². The van der Waals surface area contributed by atoms with Crippen LogP contribution in [0.2, 0.25) is 0 Å². The molecular weight excluding hydrogens is 433 g/mol. The maximum Gasteiger partial charge on any atom is 0.309 e. The lowest BCUT2D eigenvalue weighted by Crippen LogP contribution is -2.26. The largest absolute Gasteiger partial charge is 0.497 e. The molecule has 0 aliphatic heterocycles. The van der Waals surface area contributed by atoms with E-state index >= 15 is 0 Å². The van der Waals surface area contributed by atoms with Crippen LogP contribution in [0.1, 0.15) is 33.6 Å². The third-order valence-corrected chi connectivity index (χ3v) is 6.42. The van der Waals surface area contributed by atoms with Gasteiger partial charge in [0.25, 0.3) is 5.91 Å². The molecule has 1 aliphatic rings. The molecule has 0 spiro atoms. The number of ether oxygens (including phenoxy) is 2. The normalized spacial score (nSPS) is 15.1. The second-order valence-electron chi connectivity index (χ2n) is 8.49. The van der Waals surface area contributed by atoms with Crippen LogP contribution in [0.25, 0.3) is 10.9 Å². The van der Waals surface area contributed by atoms with Crippen molar-refractivity contribution in [3.8, 4) is 5.75 Å². The predicted molar refractivity (Wildman–Crippen MR) is 126 cm³/mol. The van der Waals surface area contributed by atoms with E-state index in [9.17, 15) is 14.0 Å². The summed E-state index contributed by atoms with van der Waals surface area (Å²) in [6.07, 6.45) is 1.50. The van der Waals surface area contributed by atoms with E-state index in [-0.39, 0.29) is 30.2 Å². The molecule has 0 saturated carbocycles. The molecule has 1 unspecified atom stereocenters. The molecule has 34 heavy (non-hydrogen) atoms. The first-order valence-corrected chi connectivity index (χ1v) is 11.3. The number of carbonyl (C=O) groups excluding carboxylic acids is 2. The first-order chi connectivity index (χ1) is 16.5. The van der Waals surface area contributed by atoms with E-state index in [0.717, 1.165) is 16.8 Å². The lowest BCUT2D eigenvalue weighted by Gasteiger charge is -2.22. The highest BCUT2D eigenvalue weighted by Gasteiger charge is 2.32. The van der Waals surface area contributed by atoms with Gasteiger partial charge in [0.05, 0.1) is 18.5 Å². The van der Waals surface area contributed by atoms with Gasteiger partial charge >= 0.3 is 5.97 Å². The van der Waals surface area contributed by atoms with Gasteiger partial charge in [-0.2, -0.15) is 0 Å². The summed E-state index contributed by atoms with van der Waals surface area (Å²) in [6, 6.07) is 20.9. The predicted octanol–water partition coefficient (Wildman–Crippen LogP) is 5.33. The average Bonchev–Trinajstić information content (AvgIpc) is 3.20. The number of carbonyl (C=O) groups is 2. The van der Waals surface area contributed by atoms with Crippen molar-refractivity contribution in [3.05, 3.63) is 101 Å². The third-order valence-electron chi connectivity index (χ3n) is 6.42. The maximum atomic E-state index is 14.2. The summed E-state index contributed by atoms with van der Waals surface area (Å²) in [7, 11) is 1.57. The summed E-state index contributed by atoms with van der Waals surface area (Å²) < 4.78 is 26.6. The Bertz CT molecular complexity index is 1360. The highest BCUT2D eigenvalue weighted by Crippen LogP contribution is 2.36. The fraction of sp³-hybridized carbons (Fsp3) is 0.214. The quantitative estimate of drug-likeness (QED) is 0.381. The van der Waals surface area contributed by atoms with Crippen LogP contribution in [-0.2, 0) is 29.0 Å². The molecule has 172 valence electrons. The molecule has 0 N–H and O–H groups in total. The third kappa shape index (κ3) is 4.07. The number of fused-ring (bicyclic) bond motifs is 3. The Morgan fingerprint density at radius 3 is 2.53 bits per heavy atom. The van der Waals surface area contributed by atoms with Crippen molar-refractivity contribution in [1.82, 2.24) is 4.57 Å². The zero-order valence-corrected chi connectivity index (χ0v) is 18.8. The second-order valence-corrected chi connectivity index (χ2v) is 8.49. The minimum absolute atomic E-state index is 0.189. The molecule has 4 aromatic rings. The summed E-state index contributed by atoms with van der Waals surface area (Å²) in [5, 5.41) is 0.664. The van der Waals surface area contributed by atoms with Crippen LogP contribution >= 0.6 is 0 Å². The van der Waals surface area contributed by atoms with E-state index in [2.05, 4.69) is 0 Å². The number of benzene rings is 3. The van der Waals surface area contributed by atoms with E-state index in [0.29, 0.717) is 41.5 Å². The fourth-order valence-corrected chi connectivity index (χ4v) is 4.67. The lowest BCUT2D eigenvalue weighted by molar-refractivity contribution is -0.150. The smallest absolute Gasteiger partial charge is 0.309 e. The van der Waals surface area contributed by atoms with E-state index in [1.807, 2.05) is 30.3 Å². The molecular formula is C28H24FNO4. The Labute approximate surface area is 196 Å². The van der Waals surface area contributed by atoms with Crippen LogP contribution in [0.4, 0.5) is 4.39 Å². The summed E-state index contributed by atoms with van der Waals surface area (Å²) in [5.74, 6) is -0.512. The van der Waals surface area contributed by atoms with E-state index < -0.39 is 0 Å². The SMILES string of the molecule is COc1ccc(C(=O)n2c3c(c4cc(F)ccc42)CC(C(=O)OCc2ccccc2)CC3)cc1. The standard InChI is InChI=1S/C28H24FNO4/c1-33-22-11-7-19(8-12-22)27(31)30-25-13-9-20(28(32)34-17-18-5-3-2-4-6-18)15-23(25)24-16-21(29)10-14-26(24)30/h2-8,10-12,14,16,20H,9,13,15,17H2,1H3. The van der Waals surface area contributed by atoms with Gasteiger partial charge in [-0.3, -0.25) is 14.2 Å². The number of hydrogen-bond acceptors (Lipinski definition) is 4. The van der Waals surface area contributed by atoms with Crippen LogP contribution in [0.5, 0.6) is 5.75 Å². The molecule has 1 heterocycles. The van der Waals surface area contributed by atoms with E-state index in [4.69, 9.17) is 9.47 Å². The molecule has 1 aromatic heterocycles. The van der Waals surface area contributed by atoms with Gasteiger partial charge in [0.15, 0.2) is 0 Å². The zero-order valence-electron chi connectivity index (χ0n) is 18.8. The van der Waals surface area contributed by atoms with Gasteiger partial charge in [-0.15, -0.1) is 0 Å². The molecule has 0 amide bonds. The Morgan fingerprint density at radius 2 is 1.79 bits per heavy atom. The molecule has 3 aromatic carbocycles. The first kappa shape index (κ1) is 21.9. The van der Waals surface area contributed by atoms with Crippen molar-refractivity contribution < 1.29 is 23.5 Å². The number of methoxy groups -OCH3 is 1. The molecule has 0 saturated heterocycles. The van der Waals surface area contributed by atoms with Gasteiger partial charge in [-0.1, -0.05) is 30.3 Å². The number of esters is 1. The number of nitrogens with zero attached hydrogens (tertiary/aromatic N) is 1. The molecule has 1 atom stereocenters. The van der Waals surface area contributed by atoms with Crippen molar-refractivity contribution >= 4 is 22.8 Å². The van der Waals surface area contributed by atoms with Crippen LogP contribution in [0.15, 0.2) is 72.8 Å². The lowest BCUT2D eigenvalue weighted by atomic mass is 9.86. The minimum atomic E-state index is -0.377. The van der Waals surface area contributed by atoms with Gasteiger partial charge in [0.2, 0.25) is 0 Å². The summed E-state index contributed by atoms with van der Waals surface area (Å²) in [4.78, 5) is 26.3. The summed E-state index contributed by atoms with van der Waals surface area (Å²) in [5.41, 5.74) is 3.74. The zero-order chi connectivity index (χ0) is 23.7. The number of aromatic nitrogens is 1. The van der Waals surface area contributed by atoms with Gasteiger partial charge in [-0.05, 0) is 72.9 Å². The van der Waals surface area contributed by atoms with Crippen molar-refractivity contribution in [1.29, 1.82) is 0 Å². The summed E-state index contributed by atoms with van der Waals surface area (Å²) >= 11 is 0. The Morgan fingerprint density at radius 1 is 1.03 bits per heavy atom. The Balaban J connectivity index is 1.46.